The molecule has 2 atom stereocenters. The summed E-state index contributed by atoms with van der Waals surface area (Å²) in [5.74, 6) is 0.291. The molecule has 3 aromatic rings. The van der Waals surface area contributed by atoms with Crippen molar-refractivity contribution in [2.24, 2.45) is 5.92 Å². The van der Waals surface area contributed by atoms with Gasteiger partial charge in [-0.15, -0.1) is 11.3 Å². The van der Waals surface area contributed by atoms with Crippen LogP contribution in [0, 0.1) is 5.92 Å². The van der Waals surface area contributed by atoms with E-state index in [0.29, 0.717) is 19.6 Å². The number of piperidine rings is 1. The van der Waals surface area contributed by atoms with Crippen LogP contribution in [0.2, 0.25) is 0 Å². The number of rotatable bonds is 3. The molecule has 31 heavy (non-hydrogen) atoms. The van der Waals surface area contributed by atoms with Gasteiger partial charge in [0.05, 0.1) is 10.8 Å². The molecular formula is C26H26N2O2S. The summed E-state index contributed by atoms with van der Waals surface area (Å²) in [6.45, 7) is 2.59. The molecule has 2 amide bonds. The predicted molar refractivity (Wildman–Crippen MR) is 123 cm³/mol. The predicted octanol–water partition coefficient (Wildman–Crippen LogP) is 4.77. The first-order valence-electron chi connectivity index (χ1n) is 10.9. The molecule has 1 aromatic heterocycles. The van der Waals surface area contributed by atoms with Crippen molar-refractivity contribution in [2.45, 2.75) is 25.3 Å². The van der Waals surface area contributed by atoms with E-state index in [2.05, 4.69) is 48.5 Å². The van der Waals surface area contributed by atoms with Crippen LogP contribution in [0.25, 0.3) is 0 Å². The molecule has 1 fully saturated rings. The molecule has 5 heteroatoms. The van der Waals surface area contributed by atoms with Crippen LogP contribution < -0.4 is 0 Å². The average molecular weight is 431 g/mol. The van der Waals surface area contributed by atoms with E-state index in [1.807, 2.05) is 33.4 Å². The van der Waals surface area contributed by atoms with Crippen LogP contribution in [-0.4, -0.2) is 41.2 Å². The highest BCUT2D eigenvalue weighted by Gasteiger charge is 2.35. The third-order valence-electron chi connectivity index (χ3n) is 6.50. The van der Waals surface area contributed by atoms with Gasteiger partial charge in [0.25, 0.3) is 5.91 Å². The smallest absolute Gasteiger partial charge is 0.263 e. The van der Waals surface area contributed by atoms with Crippen molar-refractivity contribution in [3.8, 4) is 0 Å². The van der Waals surface area contributed by atoms with Gasteiger partial charge in [-0.25, -0.2) is 0 Å². The van der Waals surface area contributed by atoms with Crippen LogP contribution in [0.5, 0.6) is 0 Å². The summed E-state index contributed by atoms with van der Waals surface area (Å²) in [4.78, 5) is 31.0. The normalized spacial score (nSPS) is 20.9. The second kappa shape index (κ2) is 8.67. The molecule has 5 rings (SSSR count). The lowest BCUT2D eigenvalue weighted by molar-refractivity contribution is -0.138. The van der Waals surface area contributed by atoms with Crippen molar-refractivity contribution in [2.75, 3.05) is 19.6 Å². The molecule has 4 nitrogen and oxygen atoms in total. The Bertz CT molecular complexity index is 1060. The molecule has 0 aliphatic carbocycles. The number of nitrogens with zero attached hydrogens (tertiary/aromatic N) is 2. The monoisotopic (exact) mass is 430 g/mol. The highest BCUT2D eigenvalue weighted by Crippen LogP contribution is 2.34. The summed E-state index contributed by atoms with van der Waals surface area (Å²) in [5, 5.41) is 1.93. The van der Waals surface area contributed by atoms with Crippen molar-refractivity contribution >= 4 is 23.2 Å². The highest BCUT2D eigenvalue weighted by molar-refractivity contribution is 7.12. The SMILES string of the molecule is O=C(c1cccs1)N1CCCC(C(=O)N2Cc3ccccc3C(c3ccccc3)C2)C1. The summed E-state index contributed by atoms with van der Waals surface area (Å²) in [6.07, 6.45) is 1.72. The minimum absolute atomic E-state index is 0.0543. The zero-order valence-electron chi connectivity index (χ0n) is 17.4. The maximum absolute atomic E-state index is 13.6. The van der Waals surface area contributed by atoms with Crippen molar-refractivity contribution < 1.29 is 9.59 Å². The Kier molecular flexibility index (Phi) is 5.60. The largest absolute Gasteiger partial charge is 0.337 e. The number of thiophene rings is 1. The number of likely N-dealkylation sites (tertiary alicyclic amines) is 1. The van der Waals surface area contributed by atoms with Crippen molar-refractivity contribution in [1.82, 2.24) is 9.80 Å². The van der Waals surface area contributed by atoms with Crippen LogP contribution in [0.4, 0.5) is 0 Å². The fourth-order valence-corrected chi connectivity index (χ4v) is 5.61. The summed E-state index contributed by atoms with van der Waals surface area (Å²) in [6, 6.07) is 22.7. The number of hydrogen-bond acceptors (Lipinski definition) is 3. The molecule has 2 aliphatic heterocycles. The van der Waals surface area contributed by atoms with Crippen molar-refractivity contribution in [3.05, 3.63) is 93.7 Å². The number of carbonyl (C=O) groups is 2. The molecule has 0 saturated carbocycles. The van der Waals surface area contributed by atoms with E-state index in [1.165, 1.54) is 28.0 Å². The van der Waals surface area contributed by atoms with Gasteiger partial charge in [0.15, 0.2) is 0 Å². The number of benzene rings is 2. The van der Waals surface area contributed by atoms with Gasteiger partial charge in [0.1, 0.15) is 0 Å². The van der Waals surface area contributed by atoms with E-state index in [1.54, 1.807) is 0 Å². The number of amides is 2. The van der Waals surface area contributed by atoms with E-state index < -0.39 is 0 Å². The van der Waals surface area contributed by atoms with Gasteiger partial charge in [-0.05, 0) is 41.0 Å². The fourth-order valence-electron chi connectivity index (χ4n) is 4.92. The van der Waals surface area contributed by atoms with Crippen molar-refractivity contribution in [1.29, 1.82) is 0 Å². The molecule has 0 N–H and O–H groups in total. The third-order valence-corrected chi connectivity index (χ3v) is 7.36. The molecular weight excluding hydrogens is 404 g/mol. The summed E-state index contributed by atoms with van der Waals surface area (Å²) >= 11 is 1.47. The molecule has 1 saturated heterocycles. The maximum Gasteiger partial charge on any atom is 0.263 e. The molecule has 3 heterocycles. The first kappa shape index (κ1) is 20.0. The van der Waals surface area contributed by atoms with Gasteiger partial charge < -0.3 is 9.80 Å². The van der Waals surface area contributed by atoms with Crippen molar-refractivity contribution in [3.63, 3.8) is 0 Å². The molecule has 158 valence electrons. The second-order valence-corrected chi connectivity index (χ2v) is 9.40. The lowest BCUT2D eigenvalue weighted by Crippen LogP contribution is -2.48. The molecule has 2 aliphatic rings. The van der Waals surface area contributed by atoms with Gasteiger partial charge in [-0.2, -0.15) is 0 Å². The summed E-state index contributed by atoms with van der Waals surface area (Å²) in [5.41, 5.74) is 3.78. The number of fused-ring (bicyclic) bond motifs is 1. The van der Waals surface area contributed by atoms with Crippen LogP contribution in [0.3, 0.4) is 0 Å². The molecule has 0 spiro atoms. The van der Waals surface area contributed by atoms with Gasteiger partial charge >= 0.3 is 0 Å². The minimum Gasteiger partial charge on any atom is -0.337 e. The van der Waals surface area contributed by atoms with Crippen LogP contribution in [-0.2, 0) is 11.3 Å². The average Bonchev–Trinajstić information content (AvgIpc) is 3.38. The molecule has 0 radical (unpaired) electrons. The third kappa shape index (κ3) is 4.02. The van der Waals surface area contributed by atoms with Crippen LogP contribution >= 0.6 is 11.3 Å². The van der Waals surface area contributed by atoms with E-state index in [9.17, 15) is 9.59 Å². The van der Waals surface area contributed by atoms with Crippen LogP contribution in [0.15, 0.2) is 72.1 Å². The van der Waals surface area contributed by atoms with Gasteiger partial charge in [0.2, 0.25) is 5.91 Å². The van der Waals surface area contributed by atoms with Gasteiger partial charge in [-0.3, -0.25) is 9.59 Å². The molecule has 0 bridgehead atoms. The Morgan fingerprint density at radius 3 is 2.48 bits per heavy atom. The highest BCUT2D eigenvalue weighted by atomic mass is 32.1. The Hall–Kier alpha value is -2.92. The number of hydrogen-bond donors (Lipinski definition) is 0. The zero-order valence-corrected chi connectivity index (χ0v) is 18.3. The van der Waals surface area contributed by atoms with E-state index in [4.69, 9.17) is 0 Å². The maximum atomic E-state index is 13.6. The van der Waals surface area contributed by atoms with Gasteiger partial charge in [0, 0.05) is 32.1 Å². The van der Waals surface area contributed by atoms with E-state index in [0.717, 1.165) is 24.3 Å². The number of carbonyl (C=O) groups excluding carboxylic acids is 2. The molecule has 2 aromatic carbocycles. The Morgan fingerprint density at radius 1 is 0.871 bits per heavy atom. The molecule has 2 unspecified atom stereocenters. The minimum atomic E-state index is -0.126. The Labute approximate surface area is 187 Å². The Balaban J connectivity index is 1.36. The van der Waals surface area contributed by atoms with Crippen LogP contribution in [0.1, 0.15) is 45.1 Å². The quantitative estimate of drug-likeness (QED) is 0.600. The first-order chi connectivity index (χ1) is 15.2. The lowest BCUT2D eigenvalue weighted by atomic mass is 9.84. The Morgan fingerprint density at radius 2 is 1.68 bits per heavy atom. The van der Waals surface area contributed by atoms with E-state index in [-0.39, 0.29) is 23.7 Å². The second-order valence-electron chi connectivity index (χ2n) is 8.45. The summed E-state index contributed by atoms with van der Waals surface area (Å²) < 4.78 is 0. The zero-order chi connectivity index (χ0) is 21.2. The first-order valence-corrected chi connectivity index (χ1v) is 11.8. The fraction of sp³-hybridized carbons (Fsp3) is 0.308. The lowest BCUT2D eigenvalue weighted by Gasteiger charge is -2.39. The topological polar surface area (TPSA) is 40.6 Å². The summed E-state index contributed by atoms with van der Waals surface area (Å²) in [7, 11) is 0. The van der Waals surface area contributed by atoms with Gasteiger partial charge in [-0.1, -0.05) is 60.7 Å². The standard InChI is InChI=1S/C26H26N2O2S/c29-25(21-11-6-14-27(17-21)26(30)24-13-7-15-31-24)28-16-20-10-4-5-12-22(20)23(18-28)19-8-2-1-3-9-19/h1-5,7-10,12-13,15,21,23H,6,11,14,16-18H2. The van der Waals surface area contributed by atoms with E-state index >= 15 is 0 Å².